The van der Waals surface area contributed by atoms with Crippen LogP contribution in [0.3, 0.4) is 0 Å². The summed E-state index contributed by atoms with van der Waals surface area (Å²) in [4.78, 5) is 45.2. The number of likely N-dealkylation sites (tertiary alicyclic amines) is 1. The van der Waals surface area contributed by atoms with E-state index in [0.29, 0.717) is 25.8 Å². The smallest absolute Gasteiger partial charge is 0.312 e. The Labute approximate surface area is 222 Å². The number of fused-ring (bicyclic) bond motifs is 1. The van der Waals surface area contributed by atoms with Gasteiger partial charge in [0.05, 0.1) is 37.2 Å². The van der Waals surface area contributed by atoms with E-state index in [1.807, 2.05) is 20.8 Å². The van der Waals surface area contributed by atoms with Gasteiger partial charge in [0.2, 0.25) is 11.8 Å². The highest BCUT2D eigenvalue weighted by Crippen LogP contribution is 2.59. The van der Waals surface area contributed by atoms with Gasteiger partial charge in [-0.05, 0) is 44.9 Å². The quantitative estimate of drug-likeness (QED) is 0.203. The van der Waals surface area contributed by atoms with Crippen molar-refractivity contribution in [3.8, 4) is 0 Å². The molecule has 0 aromatic carbocycles. The molecule has 1 spiro atoms. The van der Waals surface area contributed by atoms with Crippen molar-refractivity contribution in [3.63, 3.8) is 0 Å². The second kappa shape index (κ2) is 12.6. The van der Waals surface area contributed by atoms with Gasteiger partial charge in [0, 0.05) is 12.6 Å². The van der Waals surface area contributed by atoms with Gasteiger partial charge in [0.1, 0.15) is 11.6 Å². The molecule has 2 amide bonds. The SMILES string of the molecule is C=CCCCOC(=O)[C@@H]1[C@H]2C(=O)N([C@@H](CO)[C@@H](C)CC)C(C(=O)N(CC=C)C(C)CCC)C23CC[C@H]1O3. The molecule has 3 heterocycles. The molecule has 37 heavy (non-hydrogen) atoms. The largest absolute Gasteiger partial charge is 0.465 e. The standard InChI is InChI=1S/C29H46N2O6/c1-7-11-12-17-36-28(35)23-22-14-15-29(37-22)24(23)26(33)31(21(18-32)19(5)10-4)25(29)27(34)30(16-9-3)20(6)13-8-2/h7,9,19-25,32H,1,3,8,10-18H2,2,4-6H3/t19-,20?,21-,22+,23-,24-,25?,29?/m0/s1. The molecule has 0 aliphatic carbocycles. The zero-order valence-electron chi connectivity index (χ0n) is 23.1. The van der Waals surface area contributed by atoms with E-state index in [4.69, 9.17) is 9.47 Å². The van der Waals surface area contributed by atoms with E-state index in [9.17, 15) is 19.5 Å². The molecule has 3 aliphatic heterocycles. The van der Waals surface area contributed by atoms with Crippen LogP contribution < -0.4 is 0 Å². The van der Waals surface area contributed by atoms with Crippen molar-refractivity contribution in [2.75, 3.05) is 19.8 Å². The Bertz CT molecular complexity index is 861. The Kier molecular flexibility index (Phi) is 9.98. The van der Waals surface area contributed by atoms with Gasteiger partial charge in [-0.1, -0.05) is 45.8 Å². The molecule has 2 bridgehead atoms. The first-order valence-corrected chi connectivity index (χ1v) is 14.0. The molecule has 8 atom stereocenters. The lowest BCUT2D eigenvalue weighted by Gasteiger charge is -2.42. The fourth-order valence-electron chi connectivity index (χ4n) is 6.66. The Morgan fingerprint density at radius 2 is 2.03 bits per heavy atom. The number of nitrogens with zero attached hydrogens (tertiary/aromatic N) is 2. The van der Waals surface area contributed by atoms with Gasteiger partial charge in [-0.25, -0.2) is 0 Å². The van der Waals surface area contributed by atoms with Crippen molar-refractivity contribution in [2.24, 2.45) is 17.8 Å². The van der Waals surface area contributed by atoms with E-state index in [-0.39, 0.29) is 37.0 Å². The van der Waals surface area contributed by atoms with Gasteiger partial charge in [-0.2, -0.15) is 0 Å². The van der Waals surface area contributed by atoms with Gasteiger partial charge in [0.25, 0.3) is 0 Å². The van der Waals surface area contributed by atoms with Crippen LogP contribution in [0, 0.1) is 17.8 Å². The monoisotopic (exact) mass is 518 g/mol. The van der Waals surface area contributed by atoms with Gasteiger partial charge in [-0.15, -0.1) is 13.2 Å². The molecule has 3 unspecified atom stereocenters. The number of esters is 1. The maximum absolute atomic E-state index is 14.4. The first-order chi connectivity index (χ1) is 17.7. The van der Waals surface area contributed by atoms with E-state index in [2.05, 4.69) is 20.1 Å². The summed E-state index contributed by atoms with van der Waals surface area (Å²) in [5.41, 5.74) is -1.10. The van der Waals surface area contributed by atoms with E-state index in [1.54, 1.807) is 22.0 Å². The van der Waals surface area contributed by atoms with Crippen molar-refractivity contribution in [2.45, 2.75) is 102 Å². The van der Waals surface area contributed by atoms with Gasteiger partial charge < -0.3 is 24.4 Å². The van der Waals surface area contributed by atoms with Crippen molar-refractivity contribution >= 4 is 17.8 Å². The van der Waals surface area contributed by atoms with E-state index in [0.717, 1.165) is 25.7 Å². The highest BCUT2D eigenvalue weighted by Gasteiger charge is 2.75. The van der Waals surface area contributed by atoms with Crippen LogP contribution in [0.2, 0.25) is 0 Å². The Hall–Kier alpha value is -2.19. The fraction of sp³-hybridized carbons (Fsp3) is 0.759. The molecular weight excluding hydrogens is 472 g/mol. The van der Waals surface area contributed by atoms with E-state index >= 15 is 0 Å². The maximum atomic E-state index is 14.4. The lowest BCUT2D eigenvalue weighted by molar-refractivity contribution is -0.157. The van der Waals surface area contributed by atoms with Crippen LogP contribution >= 0.6 is 0 Å². The average Bonchev–Trinajstić information content (AvgIpc) is 3.53. The molecule has 1 N–H and O–H groups in total. The molecule has 8 heteroatoms. The predicted molar refractivity (Wildman–Crippen MR) is 141 cm³/mol. The molecule has 3 fully saturated rings. The van der Waals surface area contributed by atoms with Crippen LogP contribution in [0.5, 0.6) is 0 Å². The van der Waals surface area contributed by atoms with Crippen LogP contribution in [0.1, 0.15) is 72.6 Å². The zero-order valence-corrected chi connectivity index (χ0v) is 23.1. The van der Waals surface area contributed by atoms with Crippen LogP contribution in [-0.4, -0.2) is 82.3 Å². The number of rotatable bonds is 15. The minimum Gasteiger partial charge on any atom is -0.465 e. The summed E-state index contributed by atoms with van der Waals surface area (Å²) < 4.78 is 12.1. The molecule has 3 saturated heterocycles. The molecule has 3 aliphatic rings. The van der Waals surface area contributed by atoms with Crippen molar-refractivity contribution < 1.29 is 29.0 Å². The topological polar surface area (TPSA) is 96.4 Å². The number of carbonyl (C=O) groups excluding carboxylic acids is 3. The highest BCUT2D eigenvalue weighted by atomic mass is 16.6. The lowest BCUT2D eigenvalue weighted by Crippen LogP contribution is -2.60. The second-order valence-corrected chi connectivity index (χ2v) is 11.0. The third-order valence-corrected chi connectivity index (χ3v) is 8.73. The summed E-state index contributed by atoms with van der Waals surface area (Å²) >= 11 is 0. The second-order valence-electron chi connectivity index (χ2n) is 11.0. The first kappa shape index (κ1) is 29.4. The summed E-state index contributed by atoms with van der Waals surface area (Å²) in [5, 5.41) is 10.4. The number of unbranched alkanes of at least 4 members (excludes halogenated alkanes) is 1. The molecule has 0 saturated carbocycles. The number of ether oxygens (including phenoxy) is 2. The molecule has 208 valence electrons. The molecule has 8 nitrogen and oxygen atoms in total. The number of aliphatic hydroxyl groups excluding tert-OH is 1. The molecular formula is C29H46N2O6. The van der Waals surface area contributed by atoms with E-state index < -0.39 is 41.6 Å². The Morgan fingerprint density at radius 3 is 2.62 bits per heavy atom. The Balaban J connectivity index is 2.04. The summed E-state index contributed by atoms with van der Waals surface area (Å²) in [7, 11) is 0. The fourth-order valence-corrected chi connectivity index (χ4v) is 6.66. The van der Waals surface area contributed by atoms with Crippen LogP contribution in [-0.2, 0) is 23.9 Å². The number of amides is 2. The highest BCUT2D eigenvalue weighted by molar-refractivity contribution is 5.98. The number of carbonyl (C=O) groups is 3. The van der Waals surface area contributed by atoms with Crippen molar-refractivity contribution in [3.05, 3.63) is 25.3 Å². The zero-order chi connectivity index (χ0) is 27.3. The van der Waals surface area contributed by atoms with Crippen LogP contribution in [0.4, 0.5) is 0 Å². The number of aliphatic hydroxyl groups is 1. The van der Waals surface area contributed by atoms with Crippen LogP contribution in [0.15, 0.2) is 25.3 Å². The summed E-state index contributed by atoms with van der Waals surface area (Å²) in [6, 6.07) is -1.51. The minimum absolute atomic E-state index is 0.0399. The third-order valence-electron chi connectivity index (χ3n) is 8.73. The van der Waals surface area contributed by atoms with Gasteiger partial charge >= 0.3 is 5.97 Å². The normalized spacial score (nSPS) is 30.5. The summed E-state index contributed by atoms with van der Waals surface area (Å²) in [6.07, 6.45) is 7.99. The van der Waals surface area contributed by atoms with Crippen molar-refractivity contribution in [1.29, 1.82) is 0 Å². The molecule has 3 rings (SSSR count). The maximum Gasteiger partial charge on any atom is 0.312 e. The first-order valence-electron chi connectivity index (χ1n) is 14.0. The van der Waals surface area contributed by atoms with Gasteiger partial charge in [-0.3, -0.25) is 14.4 Å². The number of allylic oxidation sites excluding steroid dienone is 1. The molecule has 0 radical (unpaired) electrons. The lowest BCUT2D eigenvalue weighted by atomic mass is 9.70. The van der Waals surface area contributed by atoms with E-state index in [1.165, 1.54) is 0 Å². The third kappa shape index (κ3) is 5.24. The van der Waals surface area contributed by atoms with Gasteiger partial charge in [0.15, 0.2) is 0 Å². The summed E-state index contributed by atoms with van der Waals surface area (Å²) in [6.45, 7) is 16.0. The average molecular weight is 519 g/mol. The Morgan fingerprint density at radius 1 is 1.30 bits per heavy atom. The van der Waals surface area contributed by atoms with Crippen LogP contribution in [0.25, 0.3) is 0 Å². The summed E-state index contributed by atoms with van der Waals surface area (Å²) in [5.74, 6) is -2.50. The number of hydrogen-bond acceptors (Lipinski definition) is 6. The predicted octanol–water partition coefficient (Wildman–Crippen LogP) is 3.48. The van der Waals surface area contributed by atoms with Crippen molar-refractivity contribution in [1.82, 2.24) is 9.80 Å². The minimum atomic E-state index is -1.10. The molecule has 0 aromatic heterocycles. The number of hydrogen-bond donors (Lipinski definition) is 1. The molecule has 0 aromatic rings.